The number of amides is 1. The lowest BCUT2D eigenvalue weighted by Gasteiger charge is -2.12. The molecular weight excluding hydrogens is 230 g/mol. The van der Waals surface area contributed by atoms with Crippen LogP contribution in [0.25, 0.3) is 0 Å². The molecule has 1 amide bonds. The molecule has 18 heavy (non-hydrogen) atoms. The van der Waals surface area contributed by atoms with E-state index in [0.717, 1.165) is 12.8 Å². The zero-order chi connectivity index (χ0) is 13.2. The van der Waals surface area contributed by atoms with Crippen LogP contribution in [-0.4, -0.2) is 24.8 Å². The van der Waals surface area contributed by atoms with E-state index in [0.29, 0.717) is 12.2 Å². The quantitative estimate of drug-likeness (QED) is 0.764. The Morgan fingerprint density at radius 1 is 1.39 bits per heavy atom. The third-order valence-corrected chi connectivity index (χ3v) is 2.44. The number of carbonyl (C=O) groups excluding carboxylic acids is 2. The smallest absolute Gasteiger partial charge is 0.258 e. The van der Waals surface area contributed by atoms with E-state index in [4.69, 9.17) is 4.74 Å². The first kappa shape index (κ1) is 14.2. The number of nitrogens with one attached hydrogen (secondary N) is 1. The fourth-order valence-corrected chi connectivity index (χ4v) is 1.47. The van der Waals surface area contributed by atoms with E-state index in [1.807, 2.05) is 31.4 Å². The van der Waals surface area contributed by atoms with Crippen LogP contribution >= 0.6 is 0 Å². The van der Waals surface area contributed by atoms with Gasteiger partial charge in [-0.2, -0.15) is 0 Å². The topological polar surface area (TPSA) is 55.4 Å². The molecule has 1 aromatic carbocycles. The van der Waals surface area contributed by atoms with Gasteiger partial charge in [-0.3, -0.25) is 9.59 Å². The number of carbonyl (C=O) groups is 1. The Morgan fingerprint density at radius 2 is 2.11 bits per heavy atom. The van der Waals surface area contributed by atoms with Gasteiger partial charge in [0.15, 0.2) is 6.61 Å². The van der Waals surface area contributed by atoms with Crippen molar-refractivity contribution >= 4 is 12.2 Å². The van der Waals surface area contributed by atoms with Gasteiger partial charge in [0.25, 0.3) is 5.91 Å². The Kier molecular flexibility index (Phi) is 6.54. The predicted octanol–water partition coefficient (Wildman–Crippen LogP) is 1.85. The Labute approximate surface area is 107 Å². The highest BCUT2D eigenvalue weighted by atomic mass is 16.5. The first-order valence-electron chi connectivity index (χ1n) is 6.11. The Bertz CT molecular complexity index is 365. The van der Waals surface area contributed by atoms with Gasteiger partial charge in [0.05, 0.1) is 6.04 Å². The van der Waals surface area contributed by atoms with Gasteiger partial charge in [0, 0.05) is 0 Å². The van der Waals surface area contributed by atoms with E-state index >= 15 is 0 Å². The number of hydrogen-bond acceptors (Lipinski definition) is 3. The minimum atomic E-state index is -0.531. The molecule has 1 aromatic rings. The van der Waals surface area contributed by atoms with Crippen molar-refractivity contribution in [1.29, 1.82) is 0 Å². The van der Waals surface area contributed by atoms with Crippen LogP contribution in [0.2, 0.25) is 0 Å². The minimum Gasteiger partial charge on any atom is -0.484 e. The van der Waals surface area contributed by atoms with Crippen LogP contribution in [0.3, 0.4) is 0 Å². The highest BCUT2D eigenvalue weighted by Crippen LogP contribution is 2.07. The van der Waals surface area contributed by atoms with Crippen LogP contribution in [0.1, 0.15) is 26.2 Å². The van der Waals surface area contributed by atoms with Crippen molar-refractivity contribution in [1.82, 2.24) is 5.32 Å². The molecular formula is C14H18NO3. The molecule has 0 aliphatic carbocycles. The minimum absolute atomic E-state index is 0.0890. The maximum absolute atomic E-state index is 11.5. The lowest BCUT2D eigenvalue weighted by atomic mass is 10.1. The molecule has 0 aliphatic rings. The van der Waals surface area contributed by atoms with Crippen LogP contribution in [0.4, 0.5) is 0 Å². The molecule has 97 valence electrons. The highest BCUT2D eigenvalue weighted by Gasteiger charge is 2.11. The van der Waals surface area contributed by atoms with E-state index < -0.39 is 6.04 Å². The zero-order valence-corrected chi connectivity index (χ0v) is 10.5. The largest absolute Gasteiger partial charge is 0.484 e. The molecule has 0 spiro atoms. The van der Waals surface area contributed by atoms with E-state index in [1.54, 1.807) is 12.1 Å². The summed E-state index contributed by atoms with van der Waals surface area (Å²) < 4.78 is 5.28. The van der Waals surface area contributed by atoms with Crippen LogP contribution in [-0.2, 0) is 9.59 Å². The fourth-order valence-electron chi connectivity index (χ4n) is 1.47. The standard InChI is InChI=1S/C14H18NO3/c1-2-3-7-12(10-16)15-14(17)11-18-13-8-5-4-6-9-13/h4-6,8-9,12H,2-3,7,11H2,1H3,(H,15,17)/t12-/m0/s1. The molecule has 0 heterocycles. The highest BCUT2D eigenvalue weighted by molar-refractivity contribution is 5.80. The van der Waals surface area contributed by atoms with E-state index in [9.17, 15) is 9.59 Å². The predicted molar refractivity (Wildman–Crippen MR) is 69.1 cm³/mol. The Morgan fingerprint density at radius 3 is 2.72 bits per heavy atom. The fraction of sp³-hybridized carbons (Fsp3) is 0.429. The second-order valence-corrected chi connectivity index (χ2v) is 3.98. The molecule has 0 fully saturated rings. The summed E-state index contributed by atoms with van der Waals surface area (Å²) in [5, 5.41) is 2.58. The molecule has 0 aliphatic heterocycles. The van der Waals surface area contributed by atoms with E-state index in [-0.39, 0.29) is 12.5 Å². The summed E-state index contributed by atoms with van der Waals surface area (Å²) in [7, 11) is 0. The summed E-state index contributed by atoms with van der Waals surface area (Å²) in [6, 6.07) is 8.54. The van der Waals surface area contributed by atoms with Crippen molar-refractivity contribution in [3.05, 3.63) is 30.3 Å². The van der Waals surface area contributed by atoms with Gasteiger partial charge < -0.3 is 10.1 Å². The van der Waals surface area contributed by atoms with Crippen LogP contribution in [0.5, 0.6) is 5.75 Å². The Hall–Kier alpha value is -1.84. The second-order valence-electron chi connectivity index (χ2n) is 3.98. The normalized spacial score (nSPS) is 11.6. The molecule has 1 atom stereocenters. The van der Waals surface area contributed by atoms with Gasteiger partial charge in [-0.1, -0.05) is 38.0 Å². The van der Waals surface area contributed by atoms with Crippen molar-refractivity contribution in [2.75, 3.05) is 6.61 Å². The average Bonchev–Trinajstić information content (AvgIpc) is 2.42. The molecule has 0 unspecified atom stereocenters. The lowest BCUT2D eigenvalue weighted by molar-refractivity contribution is -0.123. The maximum atomic E-state index is 11.5. The van der Waals surface area contributed by atoms with Crippen molar-refractivity contribution in [3.8, 4) is 5.75 Å². The number of unbranched alkanes of at least 4 members (excludes halogenated alkanes) is 1. The average molecular weight is 248 g/mol. The number of ether oxygens (including phenoxy) is 1. The molecule has 0 bridgehead atoms. The molecule has 0 saturated carbocycles. The van der Waals surface area contributed by atoms with E-state index in [2.05, 4.69) is 5.32 Å². The summed E-state index contributed by atoms with van der Waals surface area (Å²) in [5.41, 5.74) is 0. The summed E-state index contributed by atoms with van der Waals surface area (Å²) in [4.78, 5) is 22.2. The van der Waals surface area contributed by atoms with Crippen LogP contribution in [0.15, 0.2) is 30.3 Å². The molecule has 0 aromatic heterocycles. The van der Waals surface area contributed by atoms with Gasteiger partial charge in [-0.25, -0.2) is 0 Å². The molecule has 4 nitrogen and oxygen atoms in total. The van der Waals surface area contributed by atoms with Gasteiger partial charge >= 0.3 is 0 Å². The van der Waals surface area contributed by atoms with Crippen molar-refractivity contribution in [2.45, 2.75) is 32.2 Å². The van der Waals surface area contributed by atoms with Crippen LogP contribution in [0, 0.1) is 0 Å². The zero-order valence-electron chi connectivity index (χ0n) is 10.5. The summed E-state index contributed by atoms with van der Waals surface area (Å²) >= 11 is 0. The molecule has 1 N–H and O–H groups in total. The van der Waals surface area contributed by atoms with Gasteiger partial charge in [0.1, 0.15) is 5.75 Å². The summed E-state index contributed by atoms with van der Waals surface area (Å²) in [5.74, 6) is 0.330. The van der Waals surface area contributed by atoms with Gasteiger partial charge in [-0.05, 0) is 18.6 Å². The van der Waals surface area contributed by atoms with Crippen molar-refractivity contribution in [2.24, 2.45) is 0 Å². The monoisotopic (exact) mass is 248 g/mol. The molecule has 4 heteroatoms. The van der Waals surface area contributed by atoms with Crippen molar-refractivity contribution < 1.29 is 14.3 Å². The number of para-hydroxylation sites is 1. The second kappa shape index (κ2) is 8.28. The molecule has 1 rings (SSSR count). The van der Waals surface area contributed by atoms with E-state index in [1.165, 1.54) is 0 Å². The van der Waals surface area contributed by atoms with Crippen LogP contribution < -0.4 is 10.1 Å². The van der Waals surface area contributed by atoms with Gasteiger partial charge in [0.2, 0.25) is 6.29 Å². The first-order valence-corrected chi connectivity index (χ1v) is 6.11. The Balaban J connectivity index is 2.30. The van der Waals surface area contributed by atoms with Crippen molar-refractivity contribution in [3.63, 3.8) is 0 Å². The molecule has 0 saturated heterocycles. The summed E-state index contributed by atoms with van der Waals surface area (Å²) in [6.45, 7) is 1.94. The summed E-state index contributed by atoms with van der Waals surface area (Å²) in [6.07, 6.45) is 4.32. The third-order valence-electron chi connectivity index (χ3n) is 2.44. The third kappa shape index (κ3) is 5.48. The number of hydrogen-bond donors (Lipinski definition) is 1. The SMILES string of the molecule is CCCC[C@@H]([C]=O)NC(=O)COc1ccccc1. The lowest BCUT2D eigenvalue weighted by Crippen LogP contribution is -2.38. The first-order chi connectivity index (χ1) is 8.76. The maximum Gasteiger partial charge on any atom is 0.258 e. The number of rotatable bonds is 8. The van der Waals surface area contributed by atoms with Gasteiger partial charge in [-0.15, -0.1) is 0 Å². The molecule has 1 radical (unpaired) electrons. The number of benzene rings is 1.